The van der Waals surface area contributed by atoms with E-state index in [1.165, 1.54) is 0 Å². The highest BCUT2D eigenvalue weighted by molar-refractivity contribution is 7.97. The molecule has 0 rings (SSSR count). The van der Waals surface area contributed by atoms with E-state index in [2.05, 4.69) is 17.0 Å². The Morgan fingerprint density at radius 3 is 2.14 bits per heavy atom. The van der Waals surface area contributed by atoms with Crippen molar-refractivity contribution in [3.8, 4) is 0 Å². The van der Waals surface area contributed by atoms with Crippen LogP contribution in [0.5, 0.6) is 0 Å². The van der Waals surface area contributed by atoms with Gasteiger partial charge in [-0.25, -0.2) is 0 Å². The van der Waals surface area contributed by atoms with E-state index in [1.54, 1.807) is 11.9 Å². The number of rotatable bonds is 3. The lowest BCUT2D eigenvalue weighted by Gasteiger charge is -2.05. The molecule has 2 N–H and O–H groups in total. The van der Waals surface area contributed by atoms with E-state index in [4.69, 9.17) is 0 Å². The van der Waals surface area contributed by atoms with E-state index in [1.807, 2.05) is 14.1 Å². The Labute approximate surface area is 49.2 Å². The molecule has 3 heteroatoms. The first-order valence-corrected chi connectivity index (χ1v) is 3.19. The highest BCUT2D eigenvalue weighted by atomic mass is 32.2. The Balaban J connectivity index is 2.83. The molecule has 2 nitrogen and oxygen atoms in total. The SMILES string of the molecule is CNSC(C)NC. The van der Waals surface area contributed by atoms with E-state index in [9.17, 15) is 0 Å². The van der Waals surface area contributed by atoms with Crippen LogP contribution in [0, 0.1) is 0 Å². The Morgan fingerprint density at radius 2 is 2.00 bits per heavy atom. The second-order valence-corrected chi connectivity index (χ2v) is 2.60. The zero-order valence-corrected chi connectivity index (χ0v) is 5.80. The molecule has 0 radical (unpaired) electrons. The molecule has 1 atom stereocenters. The van der Waals surface area contributed by atoms with Crippen molar-refractivity contribution < 1.29 is 0 Å². The molecule has 0 bridgehead atoms. The zero-order valence-electron chi connectivity index (χ0n) is 4.99. The van der Waals surface area contributed by atoms with E-state index in [-0.39, 0.29) is 0 Å². The summed E-state index contributed by atoms with van der Waals surface area (Å²) in [6, 6.07) is 0. The van der Waals surface area contributed by atoms with Crippen molar-refractivity contribution in [2.45, 2.75) is 12.3 Å². The van der Waals surface area contributed by atoms with E-state index < -0.39 is 0 Å². The minimum absolute atomic E-state index is 0.505. The summed E-state index contributed by atoms with van der Waals surface area (Å²) in [5, 5.41) is 3.57. The highest BCUT2D eigenvalue weighted by Gasteiger charge is 1.91. The summed E-state index contributed by atoms with van der Waals surface area (Å²) in [7, 11) is 3.85. The lowest BCUT2D eigenvalue weighted by atomic mass is 10.8. The fourth-order valence-electron chi connectivity index (χ4n) is 0.236. The molecule has 1 unspecified atom stereocenters. The van der Waals surface area contributed by atoms with Gasteiger partial charge < -0.3 is 5.32 Å². The van der Waals surface area contributed by atoms with Gasteiger partial charge in [-0.2, -0.15) is 0 Å². The minimum atomic E-state index is 0.505. The van der Waals surface area contributed by atoms with Gasteiger partial charge in [0.05, 0.1) is 5.37 Å². The second-order valence-electron chi connectivity index (χ2n) is 1.25. The second kappa shape index (κ2) is 4.43. The topological polar surface area (TPSA) is 24.1 Å². The van der Waals surface area contributed by atoms with Gasteiger partial charge in [-0.05, 0) is 21.0 Å². The van der Waals surface area contributed by atoms with Gasteiger partial charge in [0.15, 0.2) is 0 Å². The van der Waals surface area contributed by atoms with E-state index in [0.717, 1.165) is 0 Å². The Hall–Kier alpha value is 0.270. The monoisotopic (exact) mass is 120 g/mol. The first-order valence-electron chi connectivity index (χ1n) is 2.31. The Bertz CT molecular complexity index is 40.7. The van der Waals surface area contributed by atoms with E-state index in [0.29, 0.717) is 5.37 Å². The molecular formula is C4H12N2S. The summed E-state index contributed by atoms with van der Waals surface area (Å²) in [6.07, 6.45) is 0. The first-order chi connectivity index (χ1) is 3.31. The smallest absolute Gasteiger partial charge is 0.0647 e. The lowest BCUT2D eigenvalue weighted by Crippen LogP contribution is -2.19. The molecule has 44 valence electrons. The van der Waals surface area contributed by atoms with Gasteiger partial charge in [0.2, 0.25) is 0 Å². The van der Waals surface area contributed by atoms with Crippen LogP contribution in [0.2, 0.25) is 0 Å². The molecule has 0 aromatic carbocycles. The summed E-state index contributed by atoms with van der Waals surface area (Å²) >= 11 is 1.67. The van der Waals surface area contributed by atoms with Crippen molar-refractivity contribution >= 4 is 11.9 Å². The van der Waals surface area contributed by atoms with E-state index >= 15 is 0 Å². The van der Waals surface area contributed by atoms with Crippen LogP contribution in [-0.2, 0) is 0 Å². The van der Waals surface area contributed by atoms with Crippen LogP contribution in [0.25, 0.3) is 0 Å². The number of hydrogen-bond donors (Lipinski definition) is 2. The summed E-state index contributed by atoms with van der Waals surface area (Å²) in [5.41, 5.74) is 0. The fourth-order valence-corrected chi connectivity index (χ4v) is 0.707. The molecule has 0 fully saturated rings. The third-order valence-corrected chi connectivity index (χ3v) is 1.53. The maximum Gasteiger partial charge on any atom is 0.0647 e. The summed E-state index contributed by atoms with van der Waals surface area (Å²) in [6.45, 7) is 2.10. The fraction of sp³-hybridized carbons (Fsp3) is 1.00. The van der Waals surface area contributed by atoms with Crippen LogP contribution >= 0.6 is 11.9 Å². The van der Waals surface area contributed by atoms with Crippen molar-refractivity contribution in [3.05, 3.63) is 0 Å². The molecule has 0 aliphatic rings. The van der Waals surface area contributed by atoms with Crippen LogP contribution in [0.3, 0.4) is 0 Å². The maximum absolute atomic E-state index is 3.07. The standard InChI is InChI=1S/C4H12N2S/c1-4(5-2)7-6-3/h4-6H,1-3H3. The summed E-state index contributed by atoms with van der Waals surface area (Å²) in [5.74, 6) is 0. The van der Waals surface area contributed by atoms with Crippen LogP contribution in [-0.4, -0.2) is 19.5 Å². The van der Waals surface area contributed by atoms with Crippen LogP contribution < -0.4 is 10.0 Å². The van der Waals surface area contributed by atoms with Crippen molar-refractivity contribution in [1.29, 1.82) is 0 Å². The van der Waals surface area contributed by atoms with Gasteiger partial charge in [-0.1, -0.05) is 11.9 Å². The average Bonchev–Trinajstić information content (AvgIpc) is 1.68. The predicted octanol–water partition coefficient (Wildman–Crippen LogP) is 0.419. The van der Waals surface area contributed by atoms with Crippen molar-refractivity contribution in [2.24, 2.45) is 0 Å². The third-order valence-electron chi connectivity index (χ3n) is 0.701. The summed E-state index contributed by atoms with van der Waals surface area (Å²) in [4.78, 5) is 0. The molecule has 0 aliphatic carbocycles. The van der Waals surface area contributed by atoms with Gasteiger partial charge in [-0.15, -0.1) is 0 Å². The zero-order chi connectivity index (χ0) is 5.70. The largest absolute Gasteiger partial charge is 0.308 e. The predicted molar refractivity (Wildman–Crippen MR) is 35.2 cm³/mol. The van der Waals surface area contributed by atoms with Gasteiger partial charge in [0, 0.05) is 0 Å². The van der Waals surface area contributed by atoms with Crippen LogP contribution in [0.15, 0.2) is 0 Å². The maximum atomic E-state index is 3.07. The molecule has 0 aliphatic heterocycles. The highest BCUT2D eigenvalue weighted by Crippen LogP contribution is 1.96. The van der Waals surface area contributed by atoms with Crippen LogP contribution in [0.4, 0.5) is 0 Å². The average molecular weight is 120 g/mol. The molecule has 0 aromatic heterocycles. The minimum Gasteiger partial charge on any atom is -0.308 e. The quantitative estimate of drug-likeness (QED) is 0.417. The lowest BCUT2D eigenvalue weighted by molar-refractivity contribution is 0.802. The Kier molecular flexibility index (Phi) is 4.60. The molecule has 0 aromatic rings. The molecule has 0 spiro atoms. The van der Waals surface area contributed by atoms with Gasteiger partial charge in [0.1, 0.15) is 0 Å². The third kappa shape index (κ3) is 4.12. The van der Waals surface area contributed by atoms with Gasteiger partial charge in [-0.3, -0.25) is 4.72 Å². The van der Waals surface area contributed by atoms with Crippen molar-refractivity contribution in [3.63, 3.8) is 0 Å². The number of hydrogen-bond acceptors (Lipinski definition) is 3. The molecule has 7 heavy (non-hydrogen) atoms. The van der Waals surface area contributed by atoms with Crippen molar-refractivity contribution in [2.75, 3.05) is 14.1 Å². The molecule has 0 saturated heterocycles. The van der Waals surface area contributed by atoms with Gasteiger partial charge >= 0.3 is 0 Å². The van der Waals surface area contributed by atoms with Crippen molar-refractivity contribution in [1.82, 2.24) is 10.0 Å². The van der Waals surface area contributed by atoms with Crippen LogP contribution in [0.1, 0.15) is 6.92 Å². The Morgan fingerprint density at radius 1 is 1.43 bits per heavy atom. The van der Waals surface area contributed by atoms with Gasteiger partial charge in [0.25, 0.3) is 0 Å². The normalized spacial score (nSPS) is 14.1. The molecule has 0 amide bonds. The molecular weight excluding hydrogens is 108 g/mol. The molecule has 0 heterocycles. The number of nitrogens with one attached hydrogen (secondary N) is 2. The summed E-state index contributed by atoms with van der Waals surface area (Å²) < 4.78 is 2.97. The first kappa shape index (κ1) is 7.27. The molecule has 0 saturated carbocycles.